The lowest BCUT2D eigenvalue weighted by atomic mass is 10.1. The van der Waals surface area contributed by atoms with Crippen LogP contribution < -0.4 is 16.4 Å². The van der Waals surface area contributed by atoms with Crippen LogP contribution >= 0.6 is 40.7 Å². The first-order valence-corrected chi connectivity index (χ1v) is 7.46. The molecule has 1 unspecified atom stereocenters. The number of piperazine rings is 1. The summed E-state index contributed by atoms with van der Waals surface area (Å²) in [6.07, 6.45) is 1.63. The molecule has 130 valence electrons. The van der Waals surface area contributed by atoms with E-state index in [0.717, 1.165) is 10.3 Å². The normalized spacial score (nSPS) is 15.2. The van der Waals surface area contributed by atoms with Crippen LogP contribution in [0.5, 0.6) is 0 Å². The Morgan fingerprint density at radius 2 is 1.83 bits per heavy atom. The summed E-state index contributed by atoms with van der Waals surface area (Å²) in [5, 5.41) is 0. The van der Waals surface area contributed by atoms with Crippen molar-refractivity contribution in [3.63, 3.8) is 0 Å². The largest absolute Gasteiger partial charge is 0.370 e. The second-order valence-corrected chi connectivity index (χ2v) is 5.84. The molecule has 0 aromatic carbocycles. The van der Waals surface area contributed by atoms with Crippen LogP contribution in [0.3, 0.4) is 0 Å². The number of nitrogens with two attached hydrogens (primary N) is 2. The molecule has 0 aliphatic carbocycles. The Bertz CT molecular complexity index is 524. The molecule has 2 rings (SSSR count). The molecule has 1 fully saturated rings. The van der Waals surface area contributed by atoms with E-state index in [2.05, 4.69) is 25.8 Å². The molecule has 2 heterocycles. The Morgan fingerprint density at radius 1 is 1.22 bits per heavy atom. The first kappa shape index (κ1) is 21.9. The summed E-state index contributed by atoms with van der Waals surface area (Å²) in [5.41, 5.74) is 10.7. The van der Waals surface area contributed by atoms with Crippen LogP contribution in [0.1, 0.15) is 6.42 Å². The Kier molecular flexibility index (Phi) is 9.45. The van der Waals surface area contributed by atoms with Gasteiger partial charge in [0.15, 0.2) is 0 Å². The number of carbonyl (C=O) groups excluding carboxylic acids is 2. The summed E-state index contributed by atoms with van der Waals surface area (Å²) in [7, 11) is 0. The predicted octanol–water partition coefficient (Wildman–Crippen LogP) is 0.539. The number of aromatic nitrogens is 1. The molecule has 10 heteroatoms. The van der Waals surface area contributed by atoms with Gasteiger partial charge < -0.3 is 21.3 Å². The third-order valence-corrected chi connectivity index (χ3v) is 3.83. The number of primary amides is 1. The lowest BCUT2D eigenvalue weighted by molar-refractivity contribution is -0.134. The quantitative estimate of drug-likeness (QED) is 0.727. The maximum atomic E-state index is 12.1. The molecule has 23 heavy (non-hydrogen) atoms. The van der Waals surface area contributed by atoms with Crippen molar-refractivity contribution in [1.29, 1.82) is 0 Å². The molecule has 0 bridgehead atoms. The number of hydrogen-bond acceptors (Lipinski definition) is 5. The van der Waals surface area contributed by atoms with Crippen molar-refractivity contribution in [1.82, 2.24) is 9.88 Å². The van der Waals surface area contributed by atoms with Crippen molar-refractivity contribution in [3.05, 3.63) is 22.8 Å². The van der Waals surface area contributed by atoms with Crippen LogP contribution in [-0.4, -0.2) is 53.9 Å². The van der Waals surface area contributed by atoms with E-state index in [1.54, 1.807) is 11.1 Å². The molecular weight excluding hydrogens is 409 g/mol. The van der Waals surface area contributed by atoms with Gasteiger partial charge >= 0.3 is 0 Å². The van der Waals surface area contributed by atoms with E-state index in [1.165, 1.54) is 0 Å². The average Bonchev–Trinajstić information content (AvgIpc) is 2.47. The van der Waals surface area contributed by atoms with Crippen molar-refractivity contribution in [2.75, 3.05) is 31.1 Å². The van der Waals surface area contributed by atoms with Crippen molar-refractivity contribution in [2.24, 2.45) is 11.5 Å². The molecule has 1 aliphatic rings. The SMILES string of the molecule is Cl.Cl.NC(=O)CC(N)C(=O)N1CCN(c2ccc(Br)cn2)CC1. The summed E-state index contributed by atoms with van der Waals surface area (Å²) < 4.78 is 0.928. The van der Waals surface area contributed by atoms with Gasteiger partial charge in [-0.25, -0.2) is 4.98 Å². The van der Waals surface area contributed by atoms with Crippen LogP contribution in [0, 0.1) is 0 Å². The molecule has 1 aromatic heterocycles. The molecule has 0 radical (unpaired) electrons. The molecule has 4 N–H and O–H groups in total. The van der Waals surface area contributed by atoms with Gasteiger partial charge in [0.2, 0.25) is 11.8 Å². The summed E-state index contributed by atoms with van der Waals surface area (Å²) in [5.74, 6) is 0.0949. The smallest absolute Gasteiger partial charge is 0.240 e. The van der Waals surface area contributed by atoms with Crippen molar-refractivity contribution >= 4 is 58.4 Å². The molecule has 0 spiro atoms. The Morgan fingerprint density at radius 3 is 2.30 bits per heavy atom. The number of anilines is 1. The Labute approximate surface area is 155 Å². The first-order chi connectivity index (χ1) is 9.97. The minimum absolute atomic E-state index is 0. The third-order valence-electron chi connectivity index (χ3n) is 3.37. The molecule has 1 saturated heterocycles. The number of pyridine rings is 1. The number of nitrogens with zero attached hydrogens (tertiary/aromatic N) is 3. The van der Waals surface area contributed by atoms with E-state index in [4.69, 9.17) is 11.5 Å². The maximum Gasteiger partial charge on any atom is 0.240 e. The third kappa shape index (κ3) is 6.14. The van der Waals surface area contributed by atoms with E-state index in [-0.39, 0.29) is 37.1 Å². The second kappa shape index (κ2) is 9.92. The van der Waals surface area contributed by atoms with Crippen LogP contribution in [-0.2, 0) is 9.59 Å². The Hall–Kier alpha value is -1.09. The zero-order valence-corrected chi connectivity index (χ0v) is 15.6. The van der Waals surface area contributed by atoms with E-state index < -0.39 is 11.9 Å². The second-order valence-electron chi connectivity index (χ2n) is 4.92. The summed E-state index contributed by atoms with van der Waals surface area (Å²) in [4.78, 5) is 31.0. The number of amides is 2. The molecule has 2 amide bonds. The molecule has 1 aliphatic heterocycles. The summed E-state index contributed by atoms with van der Waals surface area (Å²) in [6.45, 7) is 2.49. The first-order valence-electron chi connectivity index (χ1n) is 6.66. The van der Waals surface area contributed by atoms with Gasteiger partial charge in [0.1, 0.15) is 5.82 Å². The van der Waals surface area contributed by atoms with Gasteiger partial charge in [-0.3, -0.25) is 9.59 Å². The van der Waals surface area contributed by atoms with Gasteiger partial charge in [-0.1, -0.05) is 0 Å². The van der Waals surface area contributed by atoms with Crippen molar-refractivity contribution < 1.29 is 9.59 Å². The summed E-state index contributed by atoms with van der Waals surface area (Å²) >= 11 is 3.35. The van der Waals surface area contributed by atoms with Crippen molar-refractivity contribution in [3.8, 4) is 0 Å². The topological polar surface area (TPSA) is 106 Å². The van der Waals surface area contributed by atoms with Crippen LogP contribution in [0.25, 0.3) is 0 Å². The predicted molar refractivity (Wildman–Crippen MR) is 97.0 cm³/mol. The monoisotopic (exact) mass is 427 g/mol. The van der Waals surface area contributed by atoms with E-state index in [1.807, 2.05) is 12.1 Å². The van der Waals surface area contributed by atoms with Gasteiger partial charge in [0.25, 0.3) is 0 Å². The summed E-state index contributed by atoms with van der Waals surface area (Å²) in [6, 6.07) is 3.02. The zero-order valence-electron chi connectivity index (χ0n) is 12.4. The zero-order chi connectivity index (χ0) is 15.4. The van der Waals surface area contributed by atoms with Gasteiger partial charge in [0.05, 0.1) is 12.5 Å². The standard InChI is InChI=1S/C13H18BrN5O2.2ClH/c14-9-1-2-12(17-8-9)18-3-5-19(6-4-18)13(21)10(15)7-11(16)20;;/h1-2,8,10H,3-7,15H2,(H2,16,20);2*1H. The minimum Gasteiger partial charge on any atom is -0.370 e. The van der Waals surface area contributed by atoms with Gasteiger partial charge in [-0.2, -0.15) is 0 Å². The highest BCUT2D eigenvalue weighted by Gasteiger charge is 2.26. The number of hydrogen-bond donors (Lipinski definition) is 2. The molecular formula is C13H20BrCl2N5O2. The van der Waals surface area contributed by atoms with E-state index in [0.29, 0.717) is 26.2 Å². The van der Waals surface area contributed by atoms with Crippen LogP contribution in [0.2, 0.25) is 0 Å². The average molecular weight is 429 g/mol. The highest BCUT2D eigenvalue weighted by atomic mass is 79.9. The lowest BCUT2D eigenvalue weighted by Gasteiger charge is -2.36. The van der Waals surface area contributed by atoms with Gasteiger partial charge in [0, 0.05) is 36.8 Å². The van der Waals surface area contributed by atoms with Crippen molar-refractivity contribution in [2.45, 2.75) is 12.5 Å². The lowest BCUT2D eigenvalue weighted by Crippen LogP contribution is -2.54. The highest BCUT2D eigenvalue weighted by molar-refractivity contribution is 9.10. The minimum atomic E-state index is -0.847. The fraction of sp³-hybridized carbons (Fsp3) is 0.462. The molecule has 1 aromatic rings. The molecule has 1 atom stereocenters. The fourth-order valence-electron chi connectivity index (χ4n) is 2.25. The number of carbonyl (C=O) groups is 2. The number of halogens is 3. The van der Waals surface area contributed by atoms with E-state index in [9.17, 15) is 9.59 Å². The molecule has 7 nitrogen and oxygen atoms in total. The Balaban J connectivity index is 0.00000242. The fourth-order valence-corrected chi connectivity index (χ4v) is 2.48. The maximum absolute atomic E-state index is 12.1. The van der Waals surface area contributed by atoms with Crippen LogP contribution in [0.4, 0.5) is 5.82 Å². The highest BCUT2D eigenvalue weighted by Crippen LogP contribution is 2.16. The number of rotatable bonds is 4. The van der Waals surface area contributed by atoms with Gasteiger partial charge in [-0.05, 0) is 28.1 Å². The van der Waals surface area contributed by atoms with Crippen LogP contribution in [0.15, 0.2) is 22.8 Å². The van der Waals surface area contributed by atoms with E-state index >= 15 is 0 Å². The van der Waals surface area contributed by atoms with Gasteiger partial charge in [-0.15, -0.1) is 24.8 Å². The molecule has 0 saturated carbocycles.